The van der Waals surface area contributed by atoms with Crippen molar-refractivity contribution in [1.82, 2.24) is 14.9 Å². The SMILES string of the molecule is Cc1[nH]cnc1CN(C)[C@H]1CCCc2ccccc21. The van der Waals surface area contributed by atoms with Gasteiger partial charge in [0.2, 0.25) is 0 Å². The first-order valence-corrected chi connectivity index (χ1v) is 7.02. The van der Waals surface area contributed by atoms with Crippen molar-refractivity contribution in [2.24, 2.45) is 0 Å². The molecule has 0 saturated carbocycles. The molecule has 1 aliphatic carbocycles. The van der Waals surface area contributed by atoms with E-state index in [2.05, 4.69) is 53.1 Å². The van der Waals surface area contributed by atoms with Gasteiger partial charge in [0.15, 0.2) is 0 Å². The second-order valence-corrected chi connectivity index (χ2v) is 5.50. The minimum Gasteiger partial charge on any atom is -0.348 e. The lowest BCUT2D eigenvalue weighted by atomic mass is 9.87. The fourth-order valence-corrected chi connectivity index (χ4v) is 3.08. The maximum absolute atomic E-state index is 4.41. The van der Waals surface area contributed by atoms with Crippen molar-refractivity contribution in [3.63, 3.8) is 0 Å². The van der Waals surface area contributed by atoms with Gasteiger partial charge < -0.3 is 4.98 Å². The molecular formula is C16H21N3. The van der Waals surface area contributed by atoms with E-state index in [-0.39, 0.29) is 0 Å². The van der Waals surface area contributed by atoms with Crippen LogP contribution < -0.4 is 0 Å². The Morgan fingerprint density at radius 1 is 1.37 bits per heavy atom. The Labute approximate surface area is 114 Å². The predicted octanol–water partition coefficient (Wildman–Crippen LogP) is 3.23. The van der Waals surface area contributed by atoms with Gasteiger partial charge in [-0.2, -0.15) is 0 Å². The second-order valence-electron chi connectivity index (χ2n) is 5.50. The molecule has 0 bridgehead atoms. The van der Waals surface area contributed by atoms with Crippen LogP contribution in [0.15, 0.2) is 30.6 Å². The standard InChI is InChI=1S/C16H21N3/c1-12-15(18-11-17-12)10-19(2)16-9-5-7-13-6-3-4-8-14(13)16/h3-4,6,8,11,16H,5,7,9-10H2,1-2H3,(H,17,18)/t16-/m0/s1. The zero-order chi connectivity index (χ0) is 13.2. The predicted molar refractivity (Wildman–Crippen MR) is 76.9 cm³/mol. The van der Waals surface area contributed by atoms with Crippen LogP contribution in [0, 0.1) is 6.92 Å². The molecule has 0 radical (unpaired) electrons. The molecule has 3 nitrogen and oxygen atoms in total. The number of nitrogens with one attached hydrogen (secondary N) is 1. The Kier molecular flexibility index (Phi) is 3.38. The lowest BCUT2D eigenvalue weighted by Crippen LogP contribution is -2.27. The molecule has 1 aliphatic rings. The summed E-state index contributed by atoms with van der Waals surface area (Å²) in [6.45, 7) is 3.00. The van der Waals surface area contributed by atoms with Crippen LogP contribution >= 0.6 is 0 Å². The van der Waals surface area contributed by atoms with Gasteiger partial charge in [0, 0.05) is 18.3 Å². The first kappa shape index (κ1) is 12.4. The molecule has 19 heavy (non-hydrogen) atoms. The van der Waals surface area contributed by atoms with Crippen LogP contribution in [0.25, 0.3) is 0 Å². The number of hydrogen-bond donors (Lipinski definition) is 1. The van der Waals surface area contributed by atoms with E-state index in [4.69, 9.17) is 0 Å². The molecule has 2 aromatic rings. The number of imidazole rings is 1. The smallest absolute Gasteiger partial charge is 0.0925 e. The summed E-state index contributed by atoms with van der Waals surface area (Å²) in [7, 11) is 2.21. The summed E-state index contributed by atoms with van der Waals surface area (Å²) >= 11 is 0. The molecule has 3 rings (SSSR count). The molecule has 0 saturated heterocycles. The number of hydrogen-bond acceptors (Lipinski definition) is 2. The lowest BCUT2D eigenvalue weighted by Gasteiger charge is -2.33. The van der Waals surface area contributed by atoms with Crippen molar-refractivity contribution in [1.29, 1.82) is 0 Å². The van der Waals surface area contributed by atoms with Gasteiger partial charge in [-0.15, -0.1) is 0 Å². The first-order valence-electron chi connectivity index (χ1n) is 7.02. The van der Waals surface area contributed by atoms with Crippen LogP contribution in [-0.4, -0.2) is 21.9 Å². The Morgan fingerprint density at radius 2 is 2.21 bits per heavy atom. The minimum absolute atomic E-state index is 0.529. The highest BCUT2D eigenvalue weighted by molar-refractivity contribution is 5.32. The van der Waals surface area contributed by atoms with Gasteiger partial charge in [0.05, 0.1) is 12.0 Å². The minimum atomic E-state index is 0.529. The van der Waals surface area contributed by atoms with Gasteiger partial charge in [-0.25, -0.2) is 4.98 Å². The maximum Gasteiger partial charge on any atom is 0.0925 e. The van der Waals surface area contributed by atoms with Crippen LogP contribution in [0.3, 0.4) is 0 Å². The number of aromatic nitrogens is 2. The number of aryl methyl sites for hydroxylation is 2. The highest BCUT2D eigenvalue weighted by Crippen LogP contribution is 2.34. The largest absolute Gasteiger partial charge is 0.348 e. The number of aromatic amines is 1. The maximum atomic E-state index is 4.41. The van der Waals surface area contributed by atoms with Crippen molar-refractivity contribution < 1.29 is 0 Å². The van der Waals surface area contributed by atoms with Crippen molar-refractivity contribution in [2.45, 2.75) is 38.8 Å². The fraction of sp³-hybridized carbons (Fsp3) is 0.438. The van der Waals surface area contributed by atoms with Crippen LogP contribution in [0.1, 0.15) is 41.4 Å². The van der Waals surface area contributed by atoms with E-state index >= 15 is 0 Å². The van der Waals surface area contributed by atoms with Gasteiger partial charge in [-0.05, 0) is 44.4 Å². The number of fused-ring (bicyclic) bond motifs is 1. The zero-order valence-corrected chi connectivity index (χ0v) is 11.7. The number of rotatable bonds is 3. The second kappa shape index (κ2) is 5.17. The van der Waals surface area contributed by atoms with E-state index in [1.54, 1.807) is 6.33 Å². The van der Waals surface area contributed by atoms with Crippen molar-refractivity contribution in [3.05, 3.63) is 53.1 Å². The van der Waals surface area contributed by atoms with E-state index in [9.17, 15) is 0 Å². The Balaban J connectivity index is 1.81. The normalized spacial score (nSPS) is 18.6. The van der Waals surface area contributed by atoms with Crippen LogP contribution in [0.5, 0.6) is 0 Å². The molecule has 0 aliphatic heterocycles. The summed E-state index contributed by atoms with van der Waals surface area (Å²) in [6, 6.07) is 9.40. The lowest BCUT2D eigenvalue weighted by molar-refractivity contribution is 0.211. The summed E-state index contributed by atoms with van der Waals surface area (Å²) < 4.78 is 0. The number of benzene rings is 1. The van der Waals surface area contributed by atoms with E-state index in [0.29, 0.717) is 6.04 Å². The molecule has 100 valence electrons. The molecule has 0 unspecified atom stereocenters. The van der Waals surface area contributed by atoms with Gasteiger partial charge in [0.1, 0.15) is 0 Å². The highest BCUT2D eigenvalue weighted by atomic mass is 15.1. The van der Waals surface area contributed by atoms with E-state index < -0.39 is 0 Å². The number of H-pyrrole nitrogens is 1. The topological polar surface area (TPSA) is 31.9 Å². The fourth-order valence-electron chi connectivity index (χ4n) is 3.08. The van der Waals surface area contributed by atoms with Crippen molar-refractivity contribution >= 4 is 0 Å². The average Bonchev–Trinajstić information content (AvgIpc) is 2.83. The van der Waals surface area contributed by atoms with Crippen molar-refractivity contribution in [3.8, 4) is 0 Å². The summed E-state index contributed by atoms with van der Waals surface area (Å²) in [5.74, 6) is 0. The third kappa shape index (κ3) is 2.43. The molecule has 1 aromatic carbocycles. The molecule has 1 aromatic heterocycles. The van der Waals surface area contributed by atoms with E-state index in [1.807, 2.05) is 0 Å². The molecule has 3 heteroatoms. The first-order chi connectivity index (χ1) is 9.25. The Bertz CT molecular complexity index is 559. The average molecular weight is 255 g/mol. The summed E-state index contributed by atoms with van der Waals surface area (Å²) in [5, 5.41) is 0. The van der Waals surface area contributed by atoms with E-state index in [1.165, 1.54) is 36.1 Å². The zero-order valence-electron chi connectivity index (χ0n) is 11.7. The molecule has 0 amide bonds. The highest BCUT2D eigenvalue weighted by Gasteiger charge is 2.23. The quantitative estimate of drug-likeness (QED) is 0.913. The van der Waals surface area contributed by atoms with Gasteiger partial charge in [0.25, 0.3) is 0 Å². The van der Waals surface area contributed by atoms with E-state index in [0.717, 1.165) is 12.2 Å². The molecule has 0 spiro atoms. The Morgan fingerprint density at radius 3 is 3.00 bits per heavy atom. The summed E-state index contributed by atoms with van der Waals surface area (Å²) in [6.07, 6.45) is 5.54. The van der Waals surface area contributed by atoms with Crippen LogP contribution in [0.4, 0.5) is 0 Å². The molecule has 0 fully saturated rings. The third-order valence-electron chi connectivity index (χ3n) is 4.20. The summed E-state index contributed by atoms with van der Waals surface area (Å²) in [5.41, 5.74) is 5.36. The molecule has 1 N–H and O–H groups in total. The van der Waals surface area contributed by atoms with Gasteiger partial charge >= 0.3 is 0 Å². The molecular weight excluding hydrogens is 234 g/mol. The summed E-state index contributed by atoms with van der Waals surface area (Å²) in [4.78, 5) is 10.00. The van der Waals surface area contributed by atoms with Crippen LogP contribution in [-0.2, 0) is 13.0 Å². The van der Waals surface area contributed by atoms with Gasteiger partial charge in [-0.3, -0.25) is 4.90 Å². The van der Waals surface area contributed by atoms with Crippen molar-refractivity contribution in [2.75, 3.05) is 7.05 Å². The molecule has 1 atom stereocenters. The third-order valence-corrected chi connectivity index (χ3v) is 4.20. The molecule has 1 heterocycles. The number of nitrogens with zero attached hydrogens (tertiary/aromatic N) is 2. The van der Waals surface area contributed by atoms with Crippen LogP contribution in [0.2, 0.25) is 0 Å². The van der Waals surface area contributed by atoms with Gasteiger partial charge in [-0.1, -0.05) is 24.3 Å². The monoisotopic (exact) mass is 255 g/mol. The Hall–Kier alpha value is -1.61.